The highest BCUT2D eigenvalue weighted by molar-refractivity contribution is 5.90. The predicted octanol–water partition coefficient (Wildman–Crippen LogP) is 2.28. The van der Waals surface area contributed by atoms with Crippen molar-refractivity contribution in [3.63, 3.8) is 0 Å². The summed E-state index contributed by atoms with van der Waals surface area (Å²) in [4.78, 5) is 23.6. The summed E-state index contributed by atoms with van der Waals surface area (Å²) < 4.78 is 0. The van der Waals surface area contributed by atoms with Crippen LogP contribution in [0.1, 0.15) is 33.1 Å². The van der Waals surface area contributed by atoms with Crippen molar-refractivity contribution in [1.82, 2.24) is 15.5 Å². The van der Waals surface area contributed by atoms with Gasteiger partial charge in [0.1, 0.15) is 0 Å². The molecule has 2 rings (SSSR count). The summed E-state index contributed by atoms with van der Waals surface area (Å²) in [5.74, 6) is 0.891. The van der Waals surface area contributed by atoms with Crippen LogP contribution in [0.5, 0.6) is 0 Å². The molecule has 0 saturated heterocycles. The lowest BCUT2D eigenvalue weighted by atomic mass is 10.0. The molecule has 6 heteroatoms. The monoisotopic (exact) mass is 316 g/mol. The van der Waals surface area contributed by atoms with Gasteiger partial charge in [0.25, 0.3) is 5.56 Å². The number of nitrogens with one attached hydrogen (secondary N) is 3. The van der Waals surface area contributed by atoms with Gasteiger partial charge in [-0.25, -0.2) is 5.10 Å². The quantitative estimate of drug-likeness (QED) is 0.652. The van der Waals surface area contributed by atoms with Crippen LogP contribution in [0.25, 0.3) is 10.8 Å². The number of hydrogen-bond donors (Lipinski definition) is 3. The van der Waals surface area contributed by atoms with E-state index in [1.165, 1.54) is 0 Å². The van der Waals surface area contributed by atoms with Gasteiger partial charge in [0.05, 0.1) is 5.39 Å². The molecule has 3 N–H and O–H groups in total. The summed E-state index contributed by atoms with van der Waals surface area (Å²) in [7, 11) is 0. The fourth-order valence-corrected chi connectivity index (χ4v) is 2.56. The van der Waals surface area contributed by atoms with Crippen molar-refractivity contribution in [2.45, 2.75) is 33.1 Å². The molecule has 0 spiro atoms. The van der Waals surface area contributed by atoms with Gasteiger partial charge < -0.3 is 10.6 Å². The maximum atomic E-state index is 11.9. The molecule has 0 atom stereocenters. The Labute approximate surface area is 135 Å². The molecular weight excluding hydrogens is 292 g/mol. The highest BCUT2D eigenvalue weighted by atomic mass is 16.2. The lowest BCUT2D eigenvalue weighted by molar-refractivity contribution is -0.125. The van der Waals surface area contributed by atoms with Gasteiger partial charge in [-0.1, -0.05) is 32.0 Å². The minimum absolute atomic E-state index is 0.104. The minimum Gasteiger partial charge on any atom is -0.368 e. The number of aromatic nitrogens is 2. The summed E-state index contributed by atoms with van der Waals surface area (Å²) in [5, 5.41) is 14.1. The molecule has 23 heavy (non-hydrogen) atoms. The Morgan fingerprint density at radius 2 is 1.87 bits per heavy atom. The van der Waals surface area contributed by atoms with E-state index in [2.05, 4.69) is 20.8 Å². The zero-order chi connectivity index (χ0) is 16.7. The van der Waals surface area contributed by atoms with Crippen molar-refractivity contribution in [2.24, 2.45) is 5.92 Å². The molecule has 0 aliphatic carbocycles. The van der Waals surface area contributed by atoms with Gasteiger partial charge in [-0.15, -0.1) is 0 Å². The number of anilines is 1. The van der Waals surface area contributed by atoms with Gasteiger partial charge in [0.2, 0.25) is 5.91 Å². The van der Waals surface area contributed by atoms with Crippen LogP contribution in [0, 0.1) is 5.92 Å². The largest absolute Gasteiger partial charge is 0.368 e. The number of carbonyl (C=O) groups is 1. The van der Waals surface area contributed by atoms with Crippen LogP contribution in [-0.4, -0.2) is 29.2 Å². The van der Waals surface area contributed by atoms with Crippen LogP contribution in [0.2, 0.25) is 0 Å². The standard InChI is InChI=1S/C17H24N4O2/c1-3-12(4-2)16(22)19-11-7-10-18-15-13-8-5-6-9-14(13)17(23)21-20-15/h5-6,8-9,12H,3-4,7,10-11H2,1-2H3,(H,18,20)(H,19,22)(H,21,23). The fourth-order valence-electron chi connectivity index (χ4n) is 2.56. The van der Waals surface area contributed by atoms with Gasteiger partial charge in [-0.3, -0.25) is 9.59 Å². The second-order valence-electron chi connectivity index (χ2n) is 5.53. The molecule has 1 amide bonds. The summed E-state index contributed by atoms with van der Waals surface area (Å²) in [6.45, 7) is 5.36. The maximum absolute atomic E-state index is 11.9. The van der Waals surface area contributed by atoms with Gasteiger partial charge in [-0.05, 0) is 25.3 Å². The molecule has 0 bridgehead atoms. The number of hydrogen-bond acceptors (Lipinski definition) is 4. The Morgan fingerprint density at radius 1 is 1.17 bits per heavy atom. The molecule has 0 unspecified atom stereocenters. The van der Waals surface area contributed by atoms with Crippen molar-refractivity contribution in [2.75, 3.05) is 18.4 Å². The van der Waals surface area contributed by atoms with E-state index in [1.807, 2.05) is 32.0 Å². The smallest absolute Gasteiger partial charge is 0.272 e. The number of carbonyl (C=O) groups excluding carboxylic acids is 1. The average Bonchev–Trinajstić information content (AvgIpc) is 2.58. The van der Waals surface area contributed by atoms with E-state index in [-0.39, 0.29) is 17.4 Å². The SMILES string of the molecule is CCC(CC)C(=O)NCCCNc1n[nH]c(=O)c2ccccc12. The zero-order valence-corrected chi connectivity index (χ0v) is 13.7. The number of benzene rings is 1. The molecule has 124 valence electrons. The molecule has 2 aromatic rings. The van der Waals surface area contributed by atoms with E-state index in [4.69, 9.17) is 0 Å². The van der Waals surface area contributed by atoms with Crippen molar-refractivity contribution in [3.8, 4) is 0 Å². The van der Waals surface area contributed by atoms with Crippen molar-refractivity contribution >= 4 is 22.5 Å². The van der Waals surface area contributed by atoms with E-state index in [0.29, 0.717) is 24.3 Å². The van der Waals surface area contributed by atoms with Gasteiger partial charge in [0, 0.05) is 24.4 Å². The molecule has 1 heterocycles. The number of amides is 1. The Bertz CT molecular complexity index is 707. The van der Waals surface area contributed by atoms with E-state index in [0.717, 1.165) is 24.6 Å². The number of fused-ring (bicyclic) bond motifs is 1. The average molecular weight is 316 g/mol. The summed E-state index contributed by atoms with van der Waals surface area (Å²) in [6, 6.07) is 7.35. The molecule has 0 radical (unpaired) electrons. The third-order valence-electron chi connectivity index (χ3n) is 4.00. The van der Waals surface area contributed by atoms with Crippen molar-refractivity contribution in [1.29, 1.82) is 0 Å². The summed E-state index contributed by atoms with van der Waals surface area (Å²) >= 11 is 0. The second-order valence-corrected chi connectivity index (χ2v) is 5.53. The number of aromatic amines is 1. The minimum atomic E-state index is -0.191. The lowest BCUT2D eigenvalue weighted by Crippen LogP contribution is -2.31. The van der Waals surface area contributed by atoms with E-state index >= 15 is 0 Å². The highest BCUT2D eigenvalue weighted by Gasteiger charge is 2.12. The van der Waals surface area contributed by atoms with Gasteiger partial charge in [-0.2, -0.15) is 5.10 Å². The Hall–Kier alpha value is -2.37. The first-order valence-electron chi connectivity index (χ1n) is 8.16. The maximum Gasteiger partial charge on any atom is 0.272 e. The summed E-state index contributed by atoms with van der Waals surface area (Å²) in [5.41, 5.74) is -0.191. The lowest BCUT2D eigenvalue weighted by Gasteiger charge is -2.13. The summed E-state index contributed by atoms with van der Waals surface area (Å²) in [6.07, 6.45) is 2.53. The second kappa shape index (κ2) is 8.31. The molecule has 1 aromatic carbocycles. The molecular formula is C17H24N4O2. The van der Waals surface area contributed by atoms with E-state index in [1.54, 1.807) is 6.07 Å². The topological polar surface area (TPSA) is 86.9 Å². The molecule has 0 aliphatic rings. The molecule has 0 saturated carbocycles. The van der Waals surface area contributed by atoms with Gasteiger partial charge >= 0.3 is 0 Å². The van der Waals surface area contributed by atoms with E-state index in [9.17, 15) is 9.59 Å². The predicted molar refractivity (Wildman–Crippen MR) is 92.6 cm³/mol. The van der Waals surface area contributed by atoms with Crippen LogP contribution in [-0.2, 0) is 4.79 Å². The molecule has 0 aliphatic heterocycles. The highest BCUT2D eigenvalue weighted by Crippen LogP contribution is 2.16. The number of H-pyrrole nitrogens is 1. The van der Waals surface area contributed by atoms with Gasteiger partial charge in [0.15, 0.2) is 5.82 Å². The molecule has 1 aromatic heterocycles. The van der Waals surface area contributed by atoms with Crippen molar-refractivity contribution in [3.05, 3.63) is 34.6 Å². The first-order chi connectivity index (χ1) is 11.2. The fraction of sp³-hybridized carbons (Fsp3) is 0.471. The Balaban J connectivity index is 1.85. The van der Waals surface area contributed by atoms with Crippen LogP contribution >= 0.6 is 0 Å². The van der Waals surface area contributed by atoms with Crippen LogP contribution in [0.3, 0.4) is 0 Å². The van der Waals surface area contributed by atoms with Crippen LogP contribution < -0.4 is 16.2 Å². The van der Waals surface area contributed by atoms with Crippen LogP contribution in [0.15, 0.2) is 29.1 Å². The normalized spacial score (nSPS) is 10.9. The third-order valence-corrected chi connectivity index (χ3v) is 4.00. The molecule has 0 fully saturated rings. The Morgan fingerprint density at radius 3 is 2.57 bits per heavy atom. The number of nitrogens with zero attached hydrogens (tertiary/aromatic N) is 1. The first kappa shape index (κ1) is 17.0. The molecule has 6 nitrogen and oxygen atoms in total. The van der Waals surface area contributed by atoms with Crippen molar-refractivity contribution < 1.29 is 4.79 Å². The zero-order valence-electron chi connectivity index (χ0n) is 13.7. The third kappa shape index (κ3) is 4.31. The van der Waals surface area contributed by atoms with Crippen LogP contribution in [0.4, 0.5) is 5.82 Å². The Kier molecular flexibility index (Phi) is 6.14. The number of rotatable bonds is 8. The first-order valence-corrected chi connectivity index (χ1v) is 8.16. The van der Waals surface area contributed by atoms with E-state index < -0.39 is 0 Å².